The molecule has 3 rings (SSSR count). The van der Waals surface area contributed by atoms with Gasteiger partial charge in [0.05, 0.1) is 5.56 Å². The van der Waals surface area contributed by atoms with Crippen molar-refractivity contribution in [1.29, 1.82) is 0 Å². The molecule has 0 spiro atoms. The minimum Gasteiger partial charge on any atom is -0.507 e. The zero-order chi connectivity index (χ0) is 14.1. The van der Waals surface area contributed by atoms with Gasteiger partial charge in [-0.05, 0) is 23.8 Å². The second kappa shape index (κ2) is 4.74. The monoisotopic (exact) mass is 268 g/mol. The Kier molecular flexibility index (Phi) is 2.91. The minimum atomic E-state index is -0.957. The first-order chi connectivity index (χ1) is 9.65. The summed E-state index contributed by atoms with van der Waals surface area (Å²) >= 11 is 0. The zero-order valence-electron chi connectivity index (χ0n) is 10.5. The lowest BCUT2D eigenvalue weighted by Gasteiger charge is -2.11. The molecule has 4 heteroatoms. The summed E-state index contributed by atoms with van der Waals surface area (Å²) in [4.78, 5) is 11.0. The van der Waals surface area contributed by atoms with E-state index >= 15 is 0 Å². The second-order valence-electron chi connectivity index (χ2n) is 4.52. The molecule has 0 radical (unpaired) electrons. The van der Waals surface area contributed by atoms with Crippen molar-refractivity contribution in [1.82, 2.24) is 0 Å². The zero-order valence-corrected chi connectivity index (χ0v) is 10.5. The lowest BCUT2D eigenvalue weighted by molar-refractivity contribution is -0.136. The Morgan fingerprint density at radius 1 is 1.05 bits per heavy atom. The number of carbonyl (C=O) groups is 1. The summed E-state index contributed by atoms with van der Waals surface area (Å²) in [6.45, 7) is 0. The fourth-order valence-corrected chi connectivity index (χ4v) is 2.24. The number of carboxylic acids is 1. The first-order valence-corrected chi connectivity index (χ1v) is 6.17. The van der Waals surface area contributed by atoms with Crippen LogP contribution in [0.15, 0.2) is 52.9 Å². The molecule has 0 saturated carbocycles. The number of benzene rings is 1. The molecule has 0 atom stereocenters. The molecule has 0 amide bonds. The molecule has 0 saturated heterocycles. The molecule has 1 heterocycles. The molecule has 0 aromatic heterocycles. The predicted octanol–water partition coefficient (Wildman–Crippen LogP) is 3.38. The first-order valence-electron chi connectivity index (χ1n) is 6.17. The van der Waals surface area contributed by atoms with Gasteiger partial charge in [0.2, 0.25) is 0 Å². The molecular formula is C16H12O4. The Morgan fingerprint density at radius 2 is 1.80 bits per heavy atom. The van der Waals surface area contributed by atoms with Gasteiger partial charge in [0.15, 0.2) is 0 Å². The van der Waals surface area contributed by atoms with E-state index < -0.39 is 5.97 Å². The Balaban J connectivity index is 2.24. The molecule has 1 aromatic rings. The van der Waals surface area contributed by atoms with Crippen molar-refractivity contribution in [2.75, 3.05) is 0 Å². The molecule has 0 bridgehead atoms. The van der Waals surface area contributed by atoms with Crippen molar-refractivity contribution in [3.05, 3.63) is 54.3 Å². The van der Waals surface area contributed by atoms with Gasteiger partial charge in [0.25, 0.3) is 0 Å². The summed E-state index contributed by atoms with van der Waals surface area (Å²) in [5.74, 6) is 0.0316. The molecule has 4 nitrogen and oxygen atoms in total. The van der Waals surface area contributed by atoms with Gasteiger partial charge in [-0.3, -0.25) is 4.79 Å². The van der Waals surface area contributed by atoms with Gasteiger partial charge in [-0.25, -0.2) is 0 Å². The Labute approximate surface area is 115 Å². The summed E-state index contributed by atoms with van der Waals surface area (Å²) < 4.78 is 5.64. The van der Waals surface area contributed by atoms with E-state index in [0.717, 1.165) is 5.56 Å². The van der Waals surface area contributed by atoms with E-state index in [1.807, 2.05) is 30.3 Å². The normalized spacial score (nSPS) is 10.8. The number of rotatable bonds is 3. The van der Waals surface area contributed by atoms with Crippen molar-refractivity contribution >= 4 is 5.97 Å². The van der Waals surface area contributed by atoms with Crippen LogP contribution in [0, 0.1) is 0 Å². The standard InChI is InChI=1S/C16H12O4/c17-13-6-7-14-12(13)8-11(10-4-2-1-3-5-10)15(20-14)9-16(18)19/h1-8,17H,9H2,(H,18,19). The summed E-state index contributed by atoms with van der Waals surface area (Å²) in [7, 11) is 0. The topological polar surface area (TPSA) is 70.7 Å². The number of hydrogen-bond donors (Lipinski definition) is 2. The minimum absolute atomic E-state index is 0.128. The van der Waals surface area contributed by atoms with E-state index in [1.54, 1.807) is 12.1 Å². The molecule has 2 aliphatic rings. The number of aliphatic carboxylic acids is 1. The molecule has 100 valence electrons. The van der Waals surface area contributed by atoms with E-state index in [1.165, 1.54) is 6.07 Å². The van der Waals surface area contributed by atoms with Crippen molar-refractivity contribution in [3.8, 4) is 28.2 Å². The van der Waals surface area contributed by atoms with E-state index in [4.69, 9.17) is 9.52 Å². The van der Waals surface area contributed by atoms with Gasteiger partial charge in [-0.15, -0.1) is 0 Å². The highest BCUT2D eigenvalue weighted by molar-refractivity contribution is 5.80. The van der Waals surface area contributed by atoms with Crippen molar-refractivity contribution in [2.24, 2.45) is 0 Å². The van der Waals surface area contributed by atoms with Crippen molar-refractivity contribution < 1.29 is 19.4 Å². The molecular weight excluding hydrogens is 256 g/mol. The molecule has 0 fully saturated rings. The summed E-state index contributed by atoms with van der Waals surface area (Å²) in [5, 5.41) is 18.8. The molecule has 1 aliphatic heterocycles. The van der Waals surface area contributed by atoms with Gasteiger partial charge >= 0.3 is 5.97 Å². The van der Waals surface area contributed by atoms with Crippen LogP contribution in [0.1, 0.15) is 5.76 Å². The van der Waals surface area contributed by atoms with E-state index in [0.29, 0.717) is 22.6 Å². The third-order valence-corrected chi connectivity index (χ3v) is 3.15. The van der Waals surface area contributed by atoms with Crippen molar-refractivity contribution in [2.45, 2.75) is 6.42 Å². The highest BCUT2D eigenvalue weighted by Crippen LogP contribution is 2.38. The van der Waals surface area contributed by atoms with E-state index in [9.17, 15) is 9.90 Å². The highest BCUT2D eigenvalue weighted by atomic mass is 16.4. The highest BCUT2D eigenvalue weighted by Gasteiger charge is 2.19. The maximum Gasteiger partial charge on any atom is 0.311 e. The Hall–Kier alpha value is -2.75. The largest absolute Gasteiger partial charge is 0.507 e. The van der Waals surface area contributed by atoms with Crippen LogP contribution < -0.4 is 0 Å². The molecule has 20 heavy (non-hydrogen) atoms. The second-order valence-corrected chi connectivity index (χ2v) is 4.52. The number of fused-ring (bicyclic) bond motifs is 1. The first kappa shape index (κ1) is 12.3. The van der Waals surface area contributed by atoms with Crippen LogP contribution >= 0.6 is 0 Å². The van der Waals surface area contributed by atoms with E-state index in [2.05, 4.69) is 0 Å². The van der Waals surface area contributed by atoms with Crippen LogP contribution in [0.2, 0.25) is 0 Å². The quantitative estimate of drug-likeness (QED) is 0.763. The van der Waals surface area contributed by atoms with Crippen LogP contribution in [0.5, 0.6) is 5.75 Å². The summed E-state index contributed by atoms with van der Waals surface area (Å²) in [6, 6.07) is 14.3. The SMILES string of the molecule is O=C(O)Cc1oc2ccc(O)c-2cc1-c1ccccc1. The summed E-state index contributed by atoms with van der Waals surface area (Å²) in [6.07, 6.45) is -0.202. The fourth-order valence-electron chi connectivity index (χ4n) is 2.24. The third-order valence-electron chi connectivity index (χ3n) is 3.15. The van der Waals surface area contributed by atoms with Gasteiger partial charge in [-0.2, -0.15) is 0 Å². The lowest BCUT2D eigenvalue weighted by atomic mass is 10.0. The predicted molar refractivity (Wildman–Crippen MR) is 73.8 cm³/mol. The fraction of sp³-hybridized carbons (Fsp3) is 0.0625. The maximum absolute atomic E-state index is 11.0. The smallest absolute Gasteiger partial charge is 0.311 e. The van der Waals surface area contributed by atoms with E-state index in [-0.39, 0.29) is 12.2 Å². The van der Waals surface area contributed by atoms with Gasteiger partial charge in [0, 0.05) is 5.56 Å². The number of carboxylic acid groups (broad SMARTS) is 1. The number of aromatic hydroxyl groups is 1. The summed E-state index contributed by atoms with van der Waals surface area (Å²) in [5.41, 5.74) is 2.12. The average molecular weight is 268 g/mol. The molecule has 0 unspecified atom stereocenters. The Morgan fingerprint density at radius 3 is 2.50 bits per heavy atom. The van der Waals surface area contributed by atoms with Crippen LogP contribution in [0.3, 0.4) is 0 Å². The Bertz CT molecular complexity index is 728. The third kappa shape index (κ3) is 2.12. The molecule has 1 aromatic carbocycles. The van der Waals surface area contributed by atoms with Crippen LogP contribution in [-0.2, 0) is 11.2 Å². The maximum atomic E-state index is 11.0. The lowest BCUT2D eigenvalue weighted by Crippen LogP contribution is -2.02. The number of hydrogen-bond acceptors (Lipinski definition) is 3. The van der Waals surface area contributed by atoms with Gasteiger partial charge < -0.3 is 14.6 Å². The molecule has 2 N–H and O–H groups in total. The van der Waals surface area contributed by atoms with Crippen molar-refractivity contribution in [3.63, 3.8) is 0 Å². The van der Waals surface area contributed by atoms with Gasteiger partial charge in [-0.1, -0.05) is 30.3 Å². The van der Waals surface area contributed by atoms with Crippen LogP contribution in [0.25, 0.3) is 22.5 Å². The molecule has 1 aliphatic carbocycles. The average Bonchev–Trinajstić information content (AvgIpc) is 2.79. The van der Waals surface area contributed by atoms with Crippen LogP contribution in [0.4, 0.5) is 0 Å². The van der Waals surface area contributed by atoms with Gasteiger partial charge in [0.1, 0.15) is 23.7 Å². The van der Waals surface area contributed by atoms with Crippen LogP contribution in [-0.4, -0.2) is 16.2 Å².